The number of aliphatic hydroxyl groups is 1. The van der Waals surface area contributed by atoms with Crippen molar-refractivity contribution in [2.45, 2.75) is 25.8 Å². The maximum Gasteiger partial charge on any atom is 0.0472 e. The number of fused-ring (bicyclic) bond motifs is 1. The fraction of sp³-hybridized carbons (Fsp3) is 0.500. The van der Waals surface area contributed by atoms with Crippen LogP contribution < -0.4 is 4.90 Å². The van der Waals surface area contributed by atoms with Crippen LogP contribution in [0.25, 0.3) is 0 Å². The molecule has 1 unspecified atom stereocenters. The van der Waals surface area contributed by atoms with Crippen molar-refractivity contribution >= 4 is 5.69 Å². The molecule has 1 aliphatic heterocycles. The highest BCUT2D eigenvalue weighted by Crippen LogP contribution is 2.34. The van der Waals surface area contributed by atoms with Crippen molar-refractivity contribution < 1.29 is 5.11 Å². The molecule has 0 aromatic heterocycles. The zero-order valence-electron chi connectivity index (χ0n) is 8.83. The predicted molar refractivity (Wildman–Crippen MR) is 58.8 cm³/mol. The molecule has 0 amide bonds. The van der Waals surface area contributed by atoms with Gasteiger partial charge in [-0.1, -0.05) is 18.2 Å². The van der Waals surface area contributed by atoms with E-state index >= 15 is 0 Å². The van der Waals surface area contributed by atoms with Crippen LogP contribution in [0.1, 0.15) is 18.1 Å². The largest absolute Gasteiger partial charge is 0.396 e. The van der Waals surface area contributed by atoms with Gasteiger partial charge < -0.3 is 10.0 Å². The monoisotopic (exact) mass is 191 g/mol. The first-order chi connectivity index (χ1) is 6.74. The molecule has 0 fully saturated rings. The van der Waals surface area contributed by atoms with E-state index in [9.17, 15) is 0 Å². The van der Waals surface area contributed by atoms with E-state index in [1.54, 1.807) is 0 Å². The van der Waals surface area contributed by atoms with Gasteiger partial charge in [0, 0.05) is 25.4 Å². The average Bonchev–Trinajstić information content (AvgIpc) is 2.45. The summed E-state index contributed by atoms with van der Waals surface area (Å²) in [6.07, 6.45) is 1.89. The lowest BCUT2D eigenvalue weighted by atomic mass is 10.0. The lowest BCUT2D eigenvalue weighted by Crippen LogP contribution is -2.24. The zero-order valence-corrected chi connectivity index (χ0v) is 8.83. The topological polar surface area (TPSA) is 23.5 Å². The summed E-state index contributed by atoms with van der Waals surface area (Å²) in [5.74, 6) is 0. The zero-order chi connectivity index (χ0) is 10.1. The van der Waals surface area contributed by atoms with E-state index in [2.05, 4.69) is 37.1 Å². The highest BCUT2D eigenvalue weighted by molar-refractivity contribution is 5.64. The highest BCUT2D eigenvalue weighted by Gasteiger charge is 2.24. The number of aliphatic hydroxyl groups excluding tert-OH is 1. The van der Waals surface area contributed by atoms with Crippen LogP contribution in [0.3, 0.4) is 0 Å². The number of likely N-dealkylation sites (N-methyl/N-ethyl adjacent to an activating group) is 1. The lowest BCUT2D eigenvalue weighted by molar-refractivity contribution is 0.299. The molecule has 1 atom stereocenters. The maximum atomic E-state index is 8.98. The van der Waals surface area contributed by atoms with Gasteiger partial charge in [0.05, 0.1) is 0 Å². The summed E-state index contributed by atoms with van der Waals surface area (Å²) < 4.78 is 0. The van der Waals surface area contributed by atoms with Crippen LogP contribution in [0.5, 0.6) is 0 Å². The second-order valence-corrected chi connectivity index (χ2v) is 4.06. The SMILES string of the molecule is CC1Cc2cccc(CCO)c2N1C. The Labute approximate surface area is 85.2 Å². The molecule has 1 aliphatic rings. The molecule has 2 rings (SSSR count). The summed E-state index contributed by atoms with van der Waals surface area (Å²) in [7, 11) is 2.14. The Morgan fingerprint density at radius 2 is 2.29 bits per heavy atom. The molecule has 14 heavy (non-hydrogen) atoms. The number of benzene rings is 1. The van der Waals surface area contributed by atoms with Gasteiger partial charge in [-0.15, -0.1) is 0 Å². The van der Waals surface area contributed by atoms with Gasteiger partial charge in [-0.2, -0.15) is 0 Å². The summed E-state index contributed by atoms with van der Waals surface area (Å²) >= 11 is 0. The molecule has 2 heteroatoms. The molecule has 1 aromatic rings. The number of para-hydroxylation sites is 1. The van der Waals surface area contributed by atoms with Gasteiger partial charge >= 0.3 is 0 Å². The third kappa shape index (κ3) is 1.40. The summed E-state index contributed by atoms with van der Waals surface area (Å²) in [5, 5.41) is 8.98. The molecule has 0 saturated carbocycles. The summed E-state index contributed by atoms with van der Waals surface area (Å²) in [4.78, 5) is 2.32. The van der Waals surface area contributed by atoms with Crippen LogP contribution >= 0.6 is 0 Å². The normalized spacial score (nSPS) is 19.9. The Bertz CT molecular complexity index is 335. The van der Waals surface area contributed by atoms with Crippen molar-refractivity contribution in [2.75, 3.05) is 18.6 Å². The van der Waals surface area contributed by atoms with Crippen molar-refractivity contribution in [3.05, 3.63) is 29.3 Å². The van der Waals surface area contributed by atoms with Gasteiger partial charge in [-0.05, 0) is 30.9 Å². The van der Waals surface area contributed by atoms with Crippen molar-refractivity contribution in [3.8, 4) is 0 Å². The first kappa shape index (κ1) is 9.53. The van der Waals surface area contributed by atoms with Gasteiger partial charge in [-0.3, -0.25) is 0 Å². The van der Waals surface area contributed by atoms with Crippen molar-refractivity contribution in [2.24, 2.45) is 0 Å². The van der Waals surface area contributed by atoms with E-state index in [1.165, 1.54) is 16.8 Å². The van der Waals surface area contributed by atoms with Crippen LogP contribution in [-0.4, -0.2) is 24.8 Å². The van der Waals surface area contributed by atoms with Gasteiger partial charge in [0.15, 0.2) is 0 Å². The molecule has 0 bridgehead atoms. The van der Waals surface area contributed by atoms with E-state index < -0.39 is 0 Å². The lowest BCUT2D eigenvalue weighted by Gasteiger charge is -2.21. The standard InChI is InChI=1S/C12H17NO/c1-9-8-11-5-3-4-10(6-7-14)12(11)13(9)2/h3-5,9,14H,6-8H2,1-2H3. The van der Waals surface area contributed by atoms with Crippen molar-refractivity contribution in [1.29, 1.82) is 0 Å². The second kappa shape index (κ2) is 3.62. The molecular weight excluding hydrogens is 174 g/mol. The van der Waals surface area contributed by atoms with Crippen LogP contribution in [0, 0.1) is 0 Å². The molecule has 0 saturated heterocycles. The first-order valence-corrected chi connectivity index (χ1v) is 5.18. The Morgan fingerprint density at radius 3 is 3.00 bits per heavy atom. The molecule has 0 radical (unpaired) electrons. The van der Waals surface area contributed by atoms with E-state index in [-0.39, 0.29) is 6.61 Å². The number of anilines is 1. The summed E-state index contributed by atoms with van der Waals surface area (Å²) in [6.45, 7) is 2.47. The minimum atomic E-state index is 0.235. The van der Waals surface area contributed by atoms with E-state index in [4.69, 9.17) is 5.11 Å². The smallest absolute Gasteiger partial charge is 0.0472 e. The van der Waals surface area contributed by atoms with Crippen molar-refractivity contribution in [3.63, 3.8) is 0 Å². The maximum absolute atomic E-state index is 8.98. The first-order valence-electron chi connectivity index (χ1n) is 5.18. The fourth-order valence-corrected chi connectivity index (χ4v) is 2.26. The molecule has 2 nitrogen and oxygen atoms in total. The number of rotatable bonds is 2. The molecular formula is C12H17NO. The average molecular weight is 191 g/mol. The summed E-state index contributed by atoms with van der Waals surface area (Å²) in [5.41, 5.74) is 4.04. The highest BCUT2D eigenvalue weighted by atomic mass is 16.2. The predicted octanol–water partition coefficient (Wildman–Crippen LogP) is 1.60. The van der Waals surface area contributed by atoms with Crippen LogP contribution in [0.2, 0.25) is 0 Å². The summed E-state index contributed by atoms with van der Waals surface area (Å²) in [6, 6.07) is 6.99. The molecule has 0 aliphatic carbocycles. The quantitative estimate of drug-likeness (QED) is 0.767. The van der Waals surface area contributed by atoms with E-state index in [1.807, 2.05) is 0 Å². The Kier molecular flexibility index (Phi) is 2.46. The second-order valence-electron chi connectivity index (χ2n) is 4.06. The Balaban J connectivity index is 2.42. The third-order valence-corrected chi connectivity index (χ3v) is 3.11. The Morgan fingerprint density at radius 1 is 1.50 bits per heavy atom. The minimum Gasteiger partial charge on any atom is -0.396 e. The molecule has 0 spiro atoms. The minimum absolute atomic E-state index is 0.235. The number of hydrogen-bond donors (Lipinski definition) is 1. The van der Waals surface area contributed by atoms with Crippen molar-refractivity contribution in [1.82, 2.24) is 0 Å². The molecule has 1 heterocycles. The van der Waals surface area contributed by atoms with Crippen LogP contribution in [0.15, 0.2) is 18.2 Å². The van der Waals surface area contributed by atoms with Gasteiger partial charge in [0.1, 0.15) is 0 Å². The van der Waals surface area contributed by atoms with E-state index in [0.717, 1.165) is 12.8 Å². The van der Waals surface area contributed by atoms with Gasteiger partial charge in [0.2, 0.25) is 0 Å². The molecule has 1 N–H and O–H groups in total. The molecule has 1 aromatic carbocycles. The van der Waals surface area contributed by atoms with Crippen LogP contribution in [0.4, 0.5) is 5.69 Å². The van der Waals surface area contributed by atoms with Gasteiger partial charge in [-0.25, -0.2) is 0 Å². The third-order valence-electron chi connectivity index (χ3n) is 3.11. The number of nitrogens with zero attached hydrogens (tertiary/aromatic N) is 1. The molecule has 76 valence electrons. The fourth-order valence-electron chi connectivity index (χ4n) is 2.26. The van der Waals surface area contributed by atoms with Crippen LogP contribution in [-0.2, 0) is 12.8 Å². The van der Waals surface area contributed by atoms with E-state index in [0.29, 0.717) is 6.04 Å². The Hall–Kier alpha value is -1.02. The van der Waals surface area contributed by atoms with Gasteiger partial charge in [0.25, 0.3) is 0 Å². The number of hydrogen-bond acceptors (Lipinski definition) is 2.